The lowest BCUT2D eigenvalue weighted by molar-refractivity contribution is 0.0841. The van der Waals surface area contributed by atoms with Crippen molar-refractivity contribution < 1.29 is 19.0 Å². The molecule has 0 spiro atoms. The molecule has 1 atom stereocenters. The summed E-state index contributed by atoms with van der Waals surface area (Å²) >= 11 is 0. The van der Waals surface area contributed by atoms with Gasteiger partial charge in [-0.3, -0.25) is 9.78 Å². The number of aliphatic hydroxyl groups excluding tert-OH is 1. The molecule has 0 aliphatic carbocycles. The maximum Gasteiger partial charge on any atom is 0.270 e. The highest BCUT2D eigenvalue weighted by Crippen LogP contribution is 2.16. The van der Waals surface area contributed by atoms with E-state index in [-0.39, 0.29) is 24.9 Å². The molecule has 1 aromatic heterocycles. The number of aliphatic hydroxyl groups is 1. The molecular weight excluding hydrogens is 323 g/mol. The van der Waals surface area contributed by atoms with Crippen molar-refractivity contribution in [2.24, 2.45) is 0 Å². The fraction of sp³-hybridized carbons (Fsp3) is 0.158. The van der Waals surface area contributed by atoms with Gasteiger partial charge in [0.05, 0.1) is 0 Å². The van der Waals surface area contributed by atoms with Crippen molar-refractivity contribution in [2.45, 2.75) is 6.10 Å². The lowest BCUT2D eigenvalue weighted by Gasteiger charge is -2.13. The normalized spacial score (nSPS) is 11.9. The third-order valence-corrected chi connectivity index (χ3v) is 3.64. The first kappa shape index (κ1) is 16.9. The minimum absolute atomic E-state index is 0.0188. The molecule has 0 bridgehead atoms. The summed E-state index contributed by atoms with van der Waals surface area (Å²) in [5.41, 5.74) is 0.310. The number of rotatable bonds is 6. The van der Waals surface area contributed by atoms with Crippen LogP contribution in [-0.2, 0) is 0 Å². The molecule has 3 rings (SSSR count). The number of carbonyl (C=O) groups excluding carboxylic acids is 1. The van der Waals surface area contributed by atoms with Crippen LogP contribution in [0.3, 0.4) is 0 Å². The van der Waals surface area contributed by atoms with Gasteiger partial charge in [-0.2, -0.15) is 0 Å². The van der Waals surface area contributed by atoms with E-state index in [0.717, 1.165) is 10.8 Å². The summed E-state index contributed by atoms with van der Waals surface area (Å²) in [6, 6.07) is 14.8. The van der Waals surface area contributed by atoms with Crippen LogP contribution in [0.5, 0.6) is 5.75 Å². The topological polar surface area (TPSA) is 71.5 Å². The van der Waals surface area contributed by atoms with Gasteiger partial charge in [0.1, 0.15) is 30.0 Å². The Morgan fingerprint density at radius 2 is 1.92 bits per heavy atom. The van der Waals surface area contributed by atoms with Crippen LogP contribution in [0.25, 0.3) is 10.8 Å². The number of fused-ring (bicyclic) bond motifs is 1. The summed E-state index contributed by atoms with van der Waals surface area (Å²) in [6.45, 7) is -0.000191. The molecule has 2 aromatic carbocycles. The Morgan fingerprint density at radius 1 is 1.16 bits per heavy atom. The molecule has 1 heterocycles. The van der Waals surface area contributed by atoms with Crippen molar-refractivity contribution in [1.82, 2.24) is 10.3 Å². The maximum absolute atomic E-state index is 12.8. The average molecular weight is 340 g/mol. The van der Waals surface area contributed by atoms with Crippen LogP contribution in [0.15, 0.2) is 60.8 Å². The first-order valence-electron chi connectivity index (χ1n) is 7.82. The zero-order valence-corrected chi connectivity index (χ0v) is 13.4. The number of pyridine rings is 1. The summed E-state index contributed by atoms with van der Waals surface area (Å²) in [5.74, 6) is -0.275. The average Bonchev–Trinajstić information content (AvgIpc) is 2.65. The fourth-order valence-electron chi connectivity index (χ4n) is 2.38. The molecule has 0 saturated carbocycles. The molecule has 5 nitrogen and oxygen atoms in total. The Labute approximate surface area is 144 Å². The Hall–Kier alpha value is -2.99. The third-order valence-electron chi connectivity index (χ3n) is 3.64. The zero-order chi connectivity index (χ0) is 17.6. The molecule has 128 valence electrons. The largest absolute Gasteiger partial charge is 0.491 e. The Balaban J connectivity index is 1.55. The zero-order valence-electron chi connectivity index (χ0n) is 13.4. The highest BCUT2D eigenvalue weighted by molar-refractivity contribution is 6.05. The van der Waals surface area contributed by atoms with Crippen LogP contribution in [0.4, 0.5) is 4.39 Å². The van der Waals surface area contributed by atoms with E-state index in [4.69, 9.17) is 4.74 Å². The molecule has 2 N–H and O–H groups in total. The molecule has 0 fully saturated rings. The standard InChI is InChI=1S/C19H17FN2O3/c20-14-5-7-16(8-6-14)25-12-15(23)11-22-19(24)18-17-4-2-1-3-13(17)9-10-21-18/h1-10,15,23H,11-12H2,(H,22,24). The molecule has 1 amide bonds. The van der Waals surface area contributed by atoms with E-state index < -0.39 is 6.10 Å². The van der Waals surface area contributed by atoms with E-state index in [2.05, 4.69) is 10.3 Å². The summed E-state index contributed by atoms with van der Waals surface area (Å²) in [6.07, 6.45) is 0.676. The predicted molar refractivity (Wildman–Crippen MR) is 92.0 cm³/mol. The van der Waals surface area contributed by atoms with Gasteiger partial charge in [-0.15, -0.1) is 0 Å². The van der Waals surface area contributed by atoms with E-state index in [1.807, 2.05) is 30.3 Å². The van der Waals surface area contributed by atoms with E-state index in [1.165, 1.54) is 24.3 Å². The number of benzene rings is 2. The first-order valence-corrected chi connectivity index (χ1v) is 7.82. The van der Waals surface area contributed by atoms with Crippen LogP contribution < -0.4 is 10.1 Å². The number of hydrogen-bond donors (Lipinski definition) is 2. The van der Waals surface area contributed by atoms with Gasteiger partial charge in [0, 0.05) is 18.1 Å². The smallest absolute Gasteiger partial charge is 0.270 e. The highest BCUT2D eigenvalue weighted by Gasteiger charge is 2.13. The minimum atomic E-state index is -0.899. The van der Waals surface area contributed by atoms with E-state index >= 15 is 0 Å². The van der Waals surface area contributed by atoms with Gasteiger partial charge in [0.25, 0.3) is 5.91 Å². The second-order valence-electron chi connectivity index (χ2n) is 5.51. The number of aromatic nitrogens is 1. The second-order valence-corrected chi connectivity index (χ2v) is 5.51. The Morgan fingerprint density at radius 3 is 2.72 bits per heavy atom. The molecule has 3 aromatic rings. The van der Waals surface area contributed by atoms with Gasteiger partial charge < -0.3 is 15.2 Å². The number of ether oxygens (including phenoxy) is 1. The van der Waals surface area contributed by atoms with Crippen LogP contribution in [-0.4, -0.2) is 35.3 Å². The van der Waals surface area contributed by atoms with Gasteiger partial charge in [0.15, 0.2) is 0 Å². The molecule has 0 aliphatic rings. The van der Waals surface area contributed by atoms with Crippen LogP contribution >= 0.6 is 0 Å². The summed E-state index contributed by atoms with van der Waals surface area (Å²) in [5, 5.41) is 14.3. The van der Waals surface area contributed by atoms with Crippen molar-refractivity contribution in [3.8, 4) is 5.75 Å². The molecule has 1 unspecified atom stereocenters. The summed E-state index contributed by atoms with van der Waals surface area (Å²) in [4.78, 5) is 16.4. The molecular formula is C19H17FN2O3. The third kappa shape index (κ3) is 4.30. The van der Waals surface area contributed by atoms with Crippen molar-refractivity contribution in [2.75, 3.05) is 13.2 Å². The van der Waals surface area contributed by atoms with Gasteiger partial charge in [-0.05, 0) is 35.7 Å². The number of halogens is 1. The minimum Gasteiger partial charge on any atom is -0.491 e. The fourth-order valence-corrected chi connectivity index (χ4v) is 2.38. The van der Waals surface area contributed by atoms with Gasteiger partial charge >= 0.3 is 0 Å². The highest BCUT2D eigenvalue weighted by atomic mass is 19.1. The van der Waals surface area contributed by atoms with E-state index in [1.54, 1.807) is 6.20 Å². The van der Waals surface area contributed by atoms with Crippen LogP contribution in [0, 0.1) is 5.82 Å². The van der Waals surface area contributed by atoms with Crippen molar-refractivity contribution >= 4 is 16.7 Å². The number of nitrogens with one attached hydrogen (secondary N) is 1. The number of amides is 1. The molecule has 0 aliphatic heterocycles. The van der Waals surface area contributed by atoms with Crippen molar-refractivity contribution in [3.05, 3.63) is 72.3 Å². The van der Waals surface area contributed by atoms with E-state index in [0.29, 0.717) is 11.4 Å². The molecule has 0 radical (unpaired) electrons. The molecule has 25 heavy (non-hydrogen) atoms. The summed E-state index contributed by atoms with van der Waals surface area (Å²) < 4.78 is 18.2. The van der Waals surface area contributed by atoms with Crippen LogP contribution in [0.2, 0.25) is 0 Å². The number of carbonyl (C=O) groups is 1. The predicted octanol–water partition coefficient (Wildman–Crippen LogP) is 2.54. The van der Waals surface area contributed by atoms with Crippen molar-refractivity contribution in [1.29, 1.82) is 0 Å². The molecule has 0 saturated heterocycles. The quantitative estimate of drug-likeness (QED) is 0.723. The van der Waals surface area contributed by atoms with Crippen LogP contribution in [0.1, 0.15) is 10.5 Å². The molecule has 6 heteroatoms. The van der Waals surface area contributed by atoms with Gasteiger partial charge in [-0.1, -0.05) is 24.3 Å². The van der Waals surface area contributed by atoms with Crippen molar-refractivity contribution in [3.63, 3.8) is 0 Å². The Kier molecular flexibility index (Phi) is 5.20. The SMILES string of the molecule is O=C(NCC(O)COc1ccc(F)cc1)c1nccc2ccccc12. The number of nitrogens with zero attached hydrogens (tertiary/aromatic N) is 1. The van der Waals surface area contributed by atoms with E-state index in [9.17, 15) is 14.3 Å². The number of hydrogen-bond acceptors (Lipinski definition) is 4. The lowest BCUT2D eigenvalue weighted by atomic mass is 10.1. The van der Waals surface area contributed by atoms with Gasteiger partial charge in [-0.25, -0.2) is 4.39 Å². The monoisotopic (exact) mass is 340 g/mol. The maximum atomic E-state index is 12.8. The second kappa shape index (κ2) is 7.72. The first-order chi connectivity index (χ1) is 12.1. The summed E-state index contributed by atoms with van der Waals surface area (Å²) in [7, 11) is 0. The van der Waals surface area contributed by atoms with Gasteiger partial charge in [0.2, 0.25) is 0 Å². The lowest BCUT2D eigenvalue weighted by Crippen LogP contribution is -2.35. The Bertz CT molecular complexity index is 863.